The monoisotopic (exact) mass is 1330 g/mol. The van der Waals surface area contributed by atoms with Gasteiger partial charge in [-0.2, -0.15) is 0 Å². The van der Waals surface area contributed by atoms with E-state index in [1.807, 2.05) is 0 Å². The third-order valence-corrected chi connectivity index (χ3v) is 16.6. The molecule has 0 spiro atoms. The van der Waals surface area contributed by atoms with E-state index in [1.165, 1.54) is 48.6 Å². The molecule has 0 fully saturated rings. The summed E-state index contributed by atoms with van der Waals surface area (Å²) in [5.41, 5.74) is 0.667. The second kappa shape index (κ2) is 21.1. The van der Waals surface area contributed by atoms with Crippen LogP contribution in [0.1, 0.15) is 22.8 Å². The molecule has 8 bridgehead atoms. The van der Waals surface area contributed by atoms with Crippen molar-refractivity contribution in [2.24, 2.45) is 0 Å². The van der Waals surface area contributed by atoms with Crippen molar-refractivity contribution in [1.29, 1.82) is 0 Å². The van der Waals surface area contributed by atoms with E-state index < -0.39 is 60.1 Å². The quantitative estimate of drug-likeness (QED) is 0.106. The van der Waals surface area contributed by atoms with E-state index in [1.54, 1.807) is 0 Å². The molecular weight excluding hydrogens is 1320 g/mol. The van der Waals surface area contributed by atoms with Crippen LogP contribution in [0.25, 0.3) is 90.9 Å². The Hall–Kier alpha value is -3.31. The van der Waals surface area contributed by atoms with Crippen LogP contribution >= 0.6 is 92.8 Å². The zero-order valence-electron chi connectivity index (χ0n) is 36.1. The first kappa shape index (κ1) is 58.4. The van der Waals surface area contributed by atoms with E-state index in [2.05, 4.69) is 9.97 Å². The smallest absolute Gasteiger partial charge is 0.744 e. The Morgan fingerprint density at radius 3 is 0.622 bits per heavy atom. The number of nitrogens with one attached hydrogen (secondary N) is 2. The molecule has 74 heavy (non-hydrogen) atoms. The molecule has 7 aromatic rings. The van der Waals surface area contributed by atoms with Gasteiger partial charge in [-0.1, -0.05) is 92.8 Å². The number of halogens is 8. The maximum atomic E-state index is 12.2. The first-order valence-electron chi connectivity index (χ1n) is 19.5. The Labute approximate surface area is 485 Å². The molecule has 0 saturated heterocycles. The summed E-state index contributed by atoms with van der Waals surface area (Å²) in [7, 11) is -20.4. The topological polar surface area (TPSA) is 286 Å². The second-order valence-corrected chi connectivity index (χ2v) is 24.1. The molecule has 2 aliphatic rings. The molecule has 0 amide bonds. The second-order valence-electron chi connectivity index (χ2n) is 15.4. The molecular formula is C44H18Cl8N4O12S4Zn2. The van der Waals surface area contributed by atoms with Crippen molar-refractivity contribution in [3.63, 3.8) is 0 Å². The molecule has 370 valence electrons. The molecule has 0 atom stereocenters. The van der Waals surface area contributed by atoms with Gasteiger partial charge in [0, 0.05) is 66.6 Å². The number of aromatic nitrogens is 4. The van der Waals surface area contributed by atoms with Crippen molar-refractivity contribution >= 4 is 180 Å². The summed E-state index contributed by atoms with van der Waals surface area (Å²) in [5.74, 6) is 0. The number of benzene rings is 4. The van der Waals surface area contributed by atoms with E-state index in [-0.39, 0.29) is 168 Å². The minimum Gasteiger partial charge on any atom is -0.744 e. The first-order chi connectivity index (χ1) is 33.5. The van der Waals surface area contributed by atoms with Crippen LogP contribution in [0, 0.1) is 0 Å². The molecule has 16 nitrogen and oxygen atoms in total. The fourth-order valence-corrected chi connectivity index (χ4v) is 13.3. The Morgan fingerprint density at radius 2 is 0.473 bits per heavy atom. The van der Waals surface area contributed by atoms with Crippen molar-refractivity contribution in [3.8, 4) is 44.5 Å². The van der Waals surface area contributed by atoms with Crippen LogP contribution < -0.4 is 0 Å². The molecule has 30 heteroatoms. The van der Waals surface area contributed by atoms with Crippen molar-refractivity contribution in [1.82, 2.24) is 19.9 Å². The van der Waals surface area contributed by atoms with Crippen LogP contribution in [0.3, 0.4) is 0 Å². The molecule has 9 rings (SSSR count). The fraction of sp³-hybridized carbons (Fsp3) is 0. The number of hydrogen-bond acceptors (Lipinski definition) is 14. The summed E-state index contributed by atoms with van der Waals surface area (Å²) in [5, 5.41) is -2.71. The van der Waals surface area contributed by atoms with Gasteiger partial charge in [0.05, 0.1) is 82.5 Å². The van der Waals surface area contributed by atoms with Gasteiger partial charge in [-0.25, -0.2) is 43.6 Å². The Bertz CT molecular complexity index is 3710. The first-order valence-corrected chi connectivity index (χ1v) is 28.1. The average Bonchev–Trinajstić information content (AvgIpc) is 4.10. The predicted octanol–water partition coefficient (Wildman–Crippen LogP) is 12.2. The van der Waals surface area contributed by atoms with E-state index in [0.717, 1.165) is 48.5 Å². The SMILES string of the molecule is O=S(=O)([O-])c1cc(Cl)c(-c2c3nc(c(-c4c(Cl)cc(S(=O)(=O)[O-])cc4Cl)c4ccc([nH]4)c(-c4c(Cl)cc(S(=O)(=O)[O-])cc4Cl)c4nc(c(-c5c(Cl)cc(S(=O)(=O)[O-])cc5Cl)c5ccc2[nH]5)C=C4)C=C3)c(Cl)c1.[Zn+2].[Zn+2]. The van der Waals surface area contributed by atoms with Gasteiger partial charge in [0.1, 0.15) is 40.5 Å². The maximum Gasteiger partial charge on any atom is 2.00 e. The summed E-state index contributed by atoms with van der Waals surface area (Å²) in [6.07, 6.45) is 5.91. The molecule has 0 saturated carbocycles. The summed E-state index contributed by atoms with van der Waals surface area (Å²) in [6.45, 7) is 0. The van der Waals surface area contributed by atoms with Gasteiger partial charge in [0.2, 0.25) is 0 Å². The Morgan fingerprint density at radius 1 is 0.311 bits per heavy atom. The van der Waals surface area contributed by atoms with E-state index in [0.29, 0.717) is 0 Å². The zero-order chi connectivity index (χ0) is 52.3. The minimum absolute atomic E-state index is 0. The number of rotatable bonds is 8. The van der Waals surface area contributed by atoms with Gasteiger partial charge < -0.3 is 28.2 Å². The van der Waals surface area contributed by atoms with E-state index in [9.17, 15) is 51.9 Å². The standard InChI is InChI=1S/C44H22Cl8N4O12S4.2Zn/c45-21-9-17(69(57,58)59)10-22(46)37(21)41-29-1-2-30(53-29)42(38-23(47)11-18(12-24(38)48)70(60,61)62)32-5-6-34(55-32)44(40-27(51)15-20(16-28(40)52)72(66,67)68)36-8-7-35(56-36)43(33-4-3-31(41)54-33)39-25(49)13-19(14-26(39)50)71(63,64)65;;/h1-16,53,56H,(H,57,58,59)(H,60,61,62)(H,63,64,65)(H,66,67,68);;/q;2*+2/p-4. The van der Waals surface area contributed by atoms with Crippen molar-refractivity contribution in [2.45, 2.75) is 19.6 Å². The van der Waals surface area contributed by atoms with Crippen molar-refractivity contribution in [3.05, 3.63) is 136 Å². The summed E-state index contributed by atoms with van der Waals surface area (Å²) in [4.78, 5) is 13.2. The van der Waals surface area contributed by atoms with Crippen LogP contribution in [-0.2, 0) is 79.4 Å². The molecule has 5 heterocycles. The Kier molecular flexibility index (Phi) is 16.7. The van der Waals surface area contributed by atoms with Crippen LogP contribution in [0.15, 0.2) is 92.4 Å². The van der Waals surface area contributed by atoms with Gasteiger partial charge in [0.15, 0.2) is 0 Å². The van der Waals surface area contributed by atoms with E-state index in [4.69, 9.17) is 103 Å². The molecule has 4 aromatic carbocycles. The average molecular weight is 1340 g/mol. The van der Waals surface area contributed by atoms with Crippen molar-refractivity contribution in [2.75, 3.05) is 0 Å². The third-order valence-electron chi connectivity index (χ3n) is 11.0. The maximum absolute atomic E-state index is 12.2. The summed E-state index contributed by atoms with van der Waals surface area (Å²) < 4.78 is 146. The molecule has 0 aliphatic carbocycles. The molecule has 2 aliphatic heterocycles. The van der Waals surface area contributed by atoms with Crippen LogP contribution in [0.5, 0.6) is 0 Å². The summed E-state index contributed by atoms with van der Waals surface area (Å²) >= 11 is 54.4. The number of H-pyrrole nitrogens is 2. The van der Waals surface area contributed by atoms with Gasteiger partial charge in [-0.05, 0) is 97.1 Å². The van der Waals surface area contributed by atoms with Gasteiger partial charge in [0.25, 0.3) is 0 Å². The predicted molar refractivity (Wildman–Crippen MR) is 273 cm³/mol. The Balaban J connectivity index is 0.00000400. The number of nitrogens with zero attached hydrogens (tertiary/aromatic N) is 2. The normalized spacial score (nSPS) is 12.7. The number of fused-ring (bicyclic) bond motifs is 8. The van der Waals surface area contributed by atoms with Gasteiger partial charge >= 0.3 is 39.0 Å². The van der Waals surface area contributed by atoms with Gasteiger partial charge in [-0.3, -0.25) is 0 Å². The molecule has 0 unspecified atom stereocenters. The molecule has 0 radical (unpaired) electrons. The third kappa shape index (κ3) is 11.1. The van der Waals surface area contributed by atoms with Crippen LogP contribution in [-0.4, -0.2) is 71.8 Å². The fourth-order valence-electron chi connectivity index (χ4n) is 7.99. The van der Waals surface area contributed by atoms with Crippen LogP contribution in [0.4, 0.5) is 0 Å². The van der Waals surface area contributed by atoms with Crippen molar-refractivity contribution < 1.29 is 90.8 Å². The number of aromatic amines is 2. The zero-order valence-corrected chi connectivity index (χ0v) is 51.3. The van der Waals surface area contributed by atoms with E-state index >= 15 is 0 Å². The van der Waals surface area contributed by atoms with Crippen LogP contribution in [0.2, 0.25) is 40.2 Å². The molecule has 3 aromatic heterocycles. The largest absolute Gasteiger partial charge is 2.00 e. The molecule has 2 N–H and O–H groups in total. The number of hydrogen-bond donors (Lipinski definition) is 2. The minimum atomic E-state index is -5.11. The van der Waals surface area contributed by atoms with Gasteiger partial charge in [-0.15, -0.1) is 0 Å². The summed E-state index contributed by atoms with van der Waals surface area (Å²) in [6, 6.07) is 13.1.